The number of methoxy groups -OCH3 is 2. The molecule has 4 fully saturated rings. The number of para-hydroxylation sites is 1. The second-order valence-electron chi connectivity index (χ2n) is 27.1. The molecule has 5 aliphatic heterocycles. The molecule has 97 heavy (non-hydrogen) atoms. The zero-order chi connectivity index (χ0) is 68.3. The summed E-state index contributed by atoms with van der Waals surface area (Å²) < 4.78 is 29.8. The lowest BCUT2D eigenvalue weighted by Gasteiger charge is -2.31. The van der Waals surface area contributed by atoms with Crippen molar-refractivity contribution in [1.29, 1.82) is 0 Å². The standard InChI is InChI=1S/C75H81N7O15/c1-45(2)55(32-54(84)40-77-67(86)23-21-53(83)22-24-68(87)79-41-51-13-7-6-11-49(51)19-20-50-12-8-9-14-59(50)79)69(88)78-46(3)62(85)31-47-15-17-48(18-16-47)42-97-73(92)82-60-36-66(64(94-5)34-57(60)71(90)81-44-75(27-28-75)38-61(81)72(82)91)96-30-10-29-95-65-35-58-56(33-63(65)93-4)70(89)80-43-74(25-26-74)37-52(80)39-76-58/h6-9,11-18,33-36,39,45-46,52,55,61,72,91H,10,21-32,37-38,40-44H2,1-5H3,(H,77,86)(H,78,88)/t46-,52-,55-,61-,72?/m0/s1. The van der Waals surface area contributed by atoms with Crippen LogP contribution in [0.3, 0.4) is 0 Å². The van der Waals surface area contributed by atoms with Gasteiger partial charge in [-0.1, -0.05) is 80.3 Å². The number of ketones is 3. The van der Waals surface area contributed by atoms with Gasteiger partial charge in [0.25, 0.3) is 11.8 Å². The number of carbonyl (C=O) groups excluding carboxylic acids is 9. The number of hydrogen-bond acceptors (Lipinski definition) is 16. The number of aliphatic hydroxyl groups excluding tert-OH is 1. The van der Waals surface area contributed by atoms with E-state index in [1.54, 1.807) is 67.0 Å². The predicted octanol–water partition coefficient (Wildman–Crippen LogP) is 8.77. The summed E-state index contributed by atoms with van der Waals surface area (Å²) in [6, 6.07) is 26.5. The molecule has 6 amide bonds. The van der Waals surface area contributed by atoms with Crippen molar-refractivity contribution in [3.63, 3.8) is 0 Å². The van der Waals surface area contributed by atoms with Gasteiger partial charge < -0.3 is 54.1 Å². The van der Waals surface area contributed by atoms with Gasteiger partial charge in [0.2, 0.25) is 17.7 Å². The first-order chi connectivity index (χ1) is 46.7. The minimum Gasteiger partial charge on any atom is -0.493 e. The molecule has 0 bridgehead atoms. The van der Waals surface area contributed by atoms with Crippen molar-refractivity contribution >= 4 is 76.3 Å². The highest BCUT2D eigenvalue weighted by molar-refractivity contribution is 6.07. The number of anilines is 2. The van der Waals surface area contributed by atoms with Crippen LogP contribution in [0.2, 0.25) is 0 Å². The fourth-order valence-corrected chi connectivity index (χ4v) is 13.8. The van der Waals surface area contributed by atoms with Gasteiger partial charge in [0, 0.05) is 93.4 Å². The first-order valence-corrected chi connectivity index (χ1v) is 33.4. The van der Waals surface area contributed by atoms with Crippen molar-refractivity contribution in [2.24, 2.45) is 27.7 Å². The summed E-state index contributed by atoms with van der Waals surface area (Å²) in [5.41, 5.74) is 5.52. The highest BCUT2D eigenvalue weighted by Gasteiger charge is 2.58. The van der Waals surface area contributed by atoms with E-state index in [2.05, 4.69) is 22.5 Å². The third kappa shape index (κ3) is 14.9. The summed E-state index contributed by atoms with van der Waals surface area (Å²) in [7, 11) is 2.97. The number of aliphatic imine (C=N–C) groups is 1. The molecule has 12 rings (SSSR count). The predicted molar refractivity (Wildman–Crippen MR) is 358 cm³/mol. The van der Waals surface area contributed by atoms with Crippen molar-refractivity contribution in [1.82, 2.24) is 20.4 Å². The molecule has 7 aliphatic rings. The molecule has 5 aromatic rings. The maximum Gasteiger partial charge on any atom is 0.416 e. The minimum atomic E-state index is -1.47. The third-order valence-corrected chi connectivity index (χ3v) is 19.9. The van der Waals surface area contributed by atoms with Crippen LogP contribution in [-0.2, 0) is 53.1 Å². The number of hydrogen-bond donors (Lipinski definition) is 3. The van der Waals surface area contributed by atoms with E-state index in [0.29, 0.717) is 71.1 Å². The Hall–Kier alpha value is -9.88. The summed E-state index contributed by atoms with van der Waals surface area (Å²) in [4.78, 5) is 133. The van der Waals surface area contributed by atoms with Crippen LogP contribution in [0.1, 0.15) is 146 Å². The van der Waals surface area contributed by atoms with E-state index >= 15 is 0 Å². The average Bonchev–Trinajstić information content (AvgIpc) is 1.58. The minimum absolute atomic E-state index is 0.0433. The molecule has 2 aliphatic carbocycles. The van der Waals surface area contributed by atoms with Gasteiger partial charge in [-0.3, -0.25) is 43.3 Å². The lowest BCUT2D eigenvalue weighted by atomic mass is 9.89. The molecule has 1 unspecified atom stereocenters. The van der Waals surface area contributed by atoms with Crippen LogP contribution in [0.4, 0.5) is 21.9 Å². The summed E-state index contributed by atoms with van der Waals surface area (Å²) >= 11 is 0. The van der Waals surface area contributed by atoms with Crippen molar-refractivity contribution < 1.29 is 71.9 Å². The Labute approximate surface area is 563 Å². The van der Waals surface area contributed by atoms with E-state index in [-0.39, 0.29) is 140 Å². The largest absolute Gasteiger partial charge is 0.493 e. The number of benzene rings is 5. The van der Waals surface area contributed by atoms with Gasteiger partial charge in [-0.15, -0.1) is 0 Å². The van der Waals surface area contributed by atoms with Gasteiger partial charge in [-0.25, -0.2) is 9.69 Å². The molecule has 5 heterocycles. The first-order valence-electron chi connectivity index (χ1n) is 33.4. The van der Waals surface area contributed by atoms with Crippen molar-refractivity contribution in [2.45, 2.75) is 142 Å². The maximum atomic E-state index is 14.5. The van der Waals surface area contributed by atoms with Crippen molar-refractivity contribution in [3.8, 4) is 34.8 Å². The highest BCUT2D eigenvalue weighted by Crippen LogP contribution is 2.58. The molecule has 506 valence electrons. The summed E-state index contributed by atoms with van der Waals surface area (Å²) in [6.45, 7) is 6.29. The van der Waals surface area contributed by atoms with Gasteiger partial charge in [-0.2, -0.15) is 0 Å². The van der Waals surface area contributed by atoms with E-state index in [4.69, 9.17) is 28.7 Å². The van der Waals surface area contributed by atoms with Crippen LogP contribution in [0, 0.1) is 34.5 Å². The Morgan fingerprint density at radius 1 is 0.691 bits per heavy atom. The van der Waals surface area contributed by atoms with E-state index in [1.165, 1.54) is 26.4 Å². The second kappa shape index (κ2) is 28.4. The van der Waals surface area contributed by atoms with Crippen LogP contribution >= 0.6 is 0 Å². The van der Waals surface area contributed by atoms with Crippen LogP contribution in [-0.4, -0.2) is 146 Å². The Bertz CT molecular complexity index is 4050. The number of nitrogens with one attached hydrogen (secondary N) is 2. The Balaban J connectivity index is 0.603. The zero-order valence-corrected chi connectivity index (χ0v) is 55.3. The Morgan fingerprint density at radius 3 is 2.03 bits per heavy atom. The molecule has 3 N–H and O–H groups in total. The summed E-state index contributed by atoms with van der Waals surface area (Å²) in [6.07, 6.45) is 4.64. The normalized spacial score (nSPS) is 19.2. The molecule has 22 nitrogen and oxygen atoms in total. The summed E-state index contributed by atoms with van der Waals surface area (Å²) in [5.74, 6) is 3.81. The number of carbonyl (C=O) groups is 9. The second-order valence-corrected chi connectivity index (χ2v) is 27.1. The van der Waals surface area contributed by atoms with Crippen molar-refractivity contribution in [3.05, 3.63) is 136 Å². The maximum absolute atomic E-state index is 14.5. The molecule has 2 spiro atoms. The van der Waals surface area contributed by atoms with Crippen LogP contribution in [0.25, 0.3) is 0 Å². The zero-order valence-electron chi connectivity index (χ0n) is 55.3. The van der Waals surface area contributed by atoms with Gasteiger partial charge in [0.05, 0.1) is 86.8 Å². The fraction of sp³-hybridized carbons (Fsp3) is 0.440. The van der Waals surface area contributed by atoms with Gasteiger partial charge in [0.1, 0.15) is 12.4 Å². The molecule has 0 aromatic heterocycles. The third-order valence-electron chi connectivity index (χ3n) is 19.9. The van der Waals surface area contributed by atoms with E-state index in [1.807, 2.05) is 59.6 Å². The van der Waals surface area contributed by atoms with Gasteiger partial charge >= 0.3 is 6.09 Å². The number of rotatable bonds is 26. The first kappa shape index (κ1) is 67.1. The molecular weight excluding hydrogens is 1240 g/mol. The number of amides is 6. The average molecular weight is 1320 g/mol. The molecular formula is C75H81N7O15. The lowest BCUT2D eigenvalue weighted by Crippen LogP contribution is -2.50. The molecule has 5 aromatic carbocycles. The quantitative estimate of drug-likeness (QED) is 0.0345. The monoisotopic (exact) mass is 1320 g/mol. The molecule has 22 heteroatoms. The fourth-order valence-electron chi connectivity index (χ4n) is 13.8. The van der Waals surface area contributed by atoms with Crippen LogP contribution in [0.5, 0.6) is 23.0 Å². The lowest BCUT2D eigenvalue weighted by molar-refractivity contribution is -0.133. The van der Waals surface area contributed by atoms with E-state index < -0.39 is 47.9 Å². The molecule has 2 saturated heterocycles. The Kier molecular flexibility index (Phi) is 19.7. The van der Waals surface area contributed by atoms with Gasteiger partial charge in [0.15, 0.2) is 40.8 Å². The highest BCUT2D eigenvalue weighted by atomic mass is 16.6. The SMILES string of the molecule is COc1cc2c(cc1OCCCOc1cc3c(cc1OC)C(=O)N1CC4(CC4)C[C@H]1C(O)N3C(=O)OCc1ccc(CC(=O)[C@H](C)NC(=O)[C@@H](CC(=O)CNC(=O)CCC(=O)CCC(=O)N3Cc4ccccc4C#Cc4ccccc43)C(C)C)cc1)N=C[C@@H]1CC3(CC3)CN1C2=O. The number of nitrogens with zero attached hydrogens (tertiary/aromatic N) is 5. The van der Waals surface area contributed by atoms with E-state index in [9.17, 15) is 48.3 Å². The molecule has 5 atom stereocenters. The number of ether oxygens (including phenoxy) is 5. The number of aliphatic hydroxyl groups is 1. The smallest absolute Gasteiger partial charge is 0.416 e. The summed E-state index contributed by atoms with van der Waals surface area (Å²) in [5, 5.41) is 17.5. The van der Waals surface area contributed by atoms with E-state index in [0.717, 1.165) is 54.7 Å². The molecule has 0 radical (unpaired) electrons. The number of Topliss-reactive ketones (excluding diaryl/α,β-unsaturated/α-hetero) is 3. The van der Waals surface area contributed by atoms with Crippen LogP contribution < -0.4 is 39.4 Å². The Morgan fingerprint density at radius 2 is 1.32 bits per heavy atom. The van der Waals surface area contributed by atoms with Crippen molar-refractivity contribution in [2.75, 3.05) is 56.9 Å². The van der Waals surface area contributed by atoms with Gasteiger partial charge in [-0.05, 0) is 109 Å². The number of fused-ring (bicyclic) bond motifs is 6. The topological polar surface area (TPSA) is 269 Å². The molecule has 2 saturated carbocycles. The van der Waals surface area contributed by atoms with Crippen LogP contribution in [0.15, 0.2) is 102 Å².